The van der Waals surface area contributed by atoms with Crippen LogP contribution in [0, 0.1) is 4.77 Å². The second-order valence-electron chi connectivity index (χ2n) is 5.64. The number of nitrogens with zero attached hydrogens (tertiary/aromatic N) is 5. The Morgan fingerprint density at radius 2 is 1.79 bits per heavy atom. The summed E-state index contributed by atoms with van der Waals surface area (Å²) in [6.07, 6.45) is 1.67. The minimum Gasteiger partial charge on any atom is -0.310 e. The van der Waals surface area contributed by atoms with Gasteiger partial charge in [0.25, 0.3) is 0 Å². The van der Waals surface area contributed by atoms with E-state index >= 15 is 0 Å². The number of aromatic nitrogens is 3. The van der Waals surface area contributed by atoms with Gasteiger partial charge in [0.05, 0.1) is 11.6 Å². The molecule has 3 rings (SSSR count). The maximum absolute atomic E-state index is 12.6. The van der Waals surface area contributed by atoms with Gasteiger partial charge in [-0.3, -0.25) is 4.90 Å². The van der Waals surface area contributed by atoms with Crippen molar-refractivity contribution in [1.29, 1.82) is 0 Å². The molecular formula is C14H18ClN5O2S2. The number of halogens is 1. The van der Waals surface area contributed by atoms with Crippen molar-refractivity contribution in [3.8, 4) is 0 Å². The van der Waals surface area contributed by atoms with Crippen molar-refractivity contribution in [2.24, 2.45) is 7.05 Å². The lowest BCUT2D eigenvalue weighted by molar-refractivity contribution is 0.144. The second kappa shape index (κ2) is 6.93. The van der Waals surface area contributed by atoms with Crippen molar-refractivity contribution in [3.63, 3.8) is 0 Å². The Morgan fingerprint density at radius 1 is 1.17 bits per heavy atom. The second-order valence-corrected chi connectivity index (χ2v) is 8.38. The third-order valence-electron chi connectivity index (χ3n) is 4.00. The van der Waals surface area contributed by atoms with Crippen molar-refractivity contribution in [2.75, 3.05) is 26.2 Å². The van der Waals surface area contributed by atoms with E-state index in [1.54, 1.807) is 27.7 Å². The van der Waals surface area contributed by atoms with E-state index in [9.17, 15) is 8.42 Å². The smallest absolute Gasteiger partial charge is 0.243 e. The van der Waals surface area contributed by atoms with Gasteiger partial charge in [0.15, 0.2) is 4.77 Å². The van der Waals surface area contributed by atoms with E-state index in [0.29, 0.717) is 42.6 Å². The van der Waals surface area contributed by atoms with Gasteiger partial charge in [0.2, 0.25) is 10.0 Å². The zero-order chi connectivity index (χ0) is 17.3. The summed E-state index contributed by atoms with van der Waals surface area (Å²) in [5.41, 5.74) is 0. The van der Waals surface area contributed by atoms with Gasteiger partial charge in [-0.25, -0.2) is 13.1 Å². The molecule has 2 aromatic rings. The Balaban J connectivity index is 1.65. The van der Waals surface area contributed by atoms with Crippen molar-refractivity contribution in [1.82, 2.24) is 23.6 Å². The molecule has 0 unspecified atom stereocenters. The Hall–Kier alpha value is -1.26. The Labute approximate surface area is 151 Å². The molecule has 0 N–H and O–H groups in total. The highest BCUT2D eigenvalue weighted by atomic mass is 35.5. The molecule has 2 heterocycles. The third kappa shape index (κ3) is 3.55. The molecule has 1 fully saturated rings. The third-order valence-corrected chi connectivity index (χ3v) is 6.67. The van der Waals surface area contributed by atoms with Crippen molar-refractivity contribution >= 4 is 33.8 Å². The summed E-state index contributed by atoms with van der Waals surface area (Å²) in [6, 6.07) is 6.26. The first kappa shape index (κ1) is 17.6. The van der Waals surface area contributed by atoms with Crippen LogP contribution in [0.4, 0.5) is 0 Å². The van der Waals surface area contributed by atoms with Crippen molar-refractivity contribution < 1.29 is 8.42 Å². The van der Waals surface area contributed by atoms with Gasteiger partial charge < -0.3 is 4.57 Å². The van der Waals surface area contributed by atoms with Gasteiger partial charge in [-0.05, 0) is 36.5 Å². The van der Waals surface area contributed by atoms with Gasteiger partial charge in [-0.15, -0.1) is 0 Å². The summed E-state index contributed by atoms with van der Waals surface area (Å²) < 4.78 is 31.0. The highest BCUT2D eigenvalue weighted by molar-refractivity contribution is 7.89. The number of benzene rings is 1. The predicted octanol–water partition coefficient (Wildman–Crippen LogP) is 1.57. The van der Waals surface area contributed by atoms with Gasteiger partial charge in [-0.1, -0.05) is 11.6 Å². The predicted molar refractivity (Wildman–Crippen MR) is 93.8 cm³/mol. The molecule has 10 heteroatoms. The number of aryl methyl sites for hydroxylation is 1. The van der Waals surface area contributed by atoms with Crippen LogP contribution >= 0.6 is 23.8 Å². The average molecular weight is 388 g/mol. The van der Waals surface area contributed by atoms with E-state index < -0.39 is 10.0 Å². The first-order chi connectivity index (χ1) is 11.4. The highest BCUT2D eigenvalue weighted by Crippen LogP contribution is 2.20. The lowest BCUT2D eigenvalue weighted by Crippen LogP contribution is -2.48. The van der Waals surface area contributed by atoms with Crippen LogP contribution in [0.2, 0.25) is 5.02 Å². The molecule has 0 aliphatic carbocycles. The zero-order valence-electron chi connectivity index (χ0n) is 13.2. The molecule has 130 valence electrons. The number of piperazine rings is 1. The minimum absolute atomic E-state index is 0.271. The molecule has 0 saturated carbocycles. The van der Waals surface area contributed by atoms with E-state index in [4.69, 9.17) is 23.8 Å². The van der Waals surface area contributed by atoms with E-state index in [-0.39, 0.29) is 4.90 Å². The van der Waals surface area contributed by atoms with E-state index in [1.165, 1.54) is 16.4 Å². The maximum Gasteiger partial charge on any atom is 0.243 e. The summed E-state index contributed by atoms with van der Waals surface area (Å²) in [5, 5.41) is 4.74. The summed E-state index contributed by atoms with van der Waals surface area (Å²) in [5.74, 6) is 0. The molecule has 0 amide bonds. The Morgan fingerprint density at radius 3 is 2.33 bits per heavy atom. The molecule has 1 aliphatic heterocycles. The molecule has 24 heavy (non-hydrogen) atoms. The molecule has 0 radical (unpaired) electrons. The molecule has 1 saturated heterocycles. The van der Waals surface area contributed by atoms with Gasteiger partial charge in [0.1, 0.15) is 6.33 Å². The molecule has 1 aliphatic rings. The van der Waals surface area contributed by atoms with Crippen LogP contribution in [0.5, 0.6) is 0 Å². The lowest BCUT2D eigenvalue weighted by atomic mass is 10.4. The number of rotatable bonds is 4. The quantitative estimate of drug-likeness (QED) is 0.745. The summed E-state index contributed by atoms with van der Waals surface area (Å²) in [6.45, 7) is 2.70. The summed E-state index contributed by atoms with van der Waals surface area (Å²) >= 11 is 11.1. The fraction of sp³-hybridized carbons (Fsp3) is 0.429. The Bertz CT molecular complexity index is 867. The molecule has 1 aromatic carbocycles. The van der Waals surface area contributed by atoms with Crippen LogP contribution in [0.1, 0.15) is 0 Å². The minimum atomic E-state index is -3.48. The normalized spacial score (nSPS) is 17.2. The number of hydrogen-bond donors (Lipinski definition) is 0. The fourth-order valence-electron chi connectivity index (χ4n) is 2.57. The first-order valence-electron chi connectivity index (χ1n) is 7.44. The topological polar surface area (TPSA) is 63.4 Å². The SMILES string of the molecule is Cn1cnn(CN2CCN(S(=O)(=O)c3ccc(Cl)cc3)CC2)c1=S. The number of sulfonamides is 1. The van der Waals surface area contributed by atoms with Crippen LogP contribution in [-0.2, 0) is 23.7 Å². The van der Waals surface area contributed by atoms with E-state index in [0.717, 1.165) is 0 Å². The average Bonchev–Trinajstić information content (AvgIpc) is 2.88. The van der Waals surface area contributed by atoms with Gasteiger partial charge in [0, 0.05) is 38.2 Å². The van der Waals surface area contributed by atoms with E-state index in [2.05, 4.69) is 10.00 Å². The van der Waals surface area contributed by atoms with Crippen LogP contribution < -0.4 is 0 Å². The molecule has 0 spiro atoms. The highest BCUT2D eigenvalue weighted by Gasteiger charge is 2.28. The fourth-order valence-corrected chi connectivity index (χ4v) is 4.27. The summed E-state index contributed by atoms with van der Waals surface area (Å²) in [4.78, 5) is 2.41. The van der Waals surface area contributed by atoms with Gasteiger partial charge in [-0.2, -0.15) is 9.40 Å². The molecule has 0 bridgehead atoms. The van der Waals surface area contributed by atoms with Crippen LogP contribution in [0.25, 0.3) is 0 Å². The zero-order valence-corrected chi connectivity index (χ0v) is 15.6. The van der Waals surface area contributed by atoms with Crippen LogP contribution in [0.3, 0.4) is 0 Å². The van der Waals surface area contributed by atoms with Crippen LogP contribution in [-0.4, -0.2) is 58.1 Å². The lowest BCUT2D eigenvalue weighted by Gasteiger charge is -2.33. The van der Waals surface area contributed by atoms with Crippen molar-refractivity contribution in [3.05, 3.63) is 40.4 Å². The number of hydrogen-bond acceptors (Lipinski definition) is 5. The van der Waals surface area contributed by atoms with E-state index in [1.807, 2.05) is 7.05 Å². The standard InChI is InChI=1S/C14H18ClN5O2S2/c1-17-10-16-20(14(17)23)11-18-6-8-19(9-7-18)24(21,22)13-4-2-12(15)3-5-13/h2-5,10H,6-9,11H2,1H3. The maximum atomic E-state index is 12.6. The largest absolute Gasteiger partial charge is 0.310 e. The van der Waals surface area contributed by atoms with Gasteiger partial charge >= 0.3 is 0 Å². The Kier molecular flexibility index (Phi) is 5.07. The van der Waals surface area contributed by atoms with Crippen molar-refractivity contribution in [2.45, 2.75) is 11.6 Å². The monoisotopic (exact) mass is 387 g/mol. The molecular weight excluding hydrogens is 370 g/mol. The molecule has 7 nitrogen and oxygen atoms in total. The first-order valence-corrected chi connectivity index (χ1v) is 9.67. The molecule has 1 aromatic heterocycles. The van der Waals surface area contributed by atoms with Crippen LogP contribution in [0.15, 0.2) is 35.5 Å². The summed E-state index contributed by atoms with van der Waals surface area (Å²) in [7, 11) is -1.63. The molecule has 0 atom stereocenters.